The van der Waals surface area contributed by atoms with Crippen LogP contribution in [-0.2, 0) is 33.4 Å². The van der Waals surface area contributed by atoms with Crippen LogP contribution in [0.1, 0.15) is 35.1 Å². The predicted octanol–water partition coefficient (Wildman–Crippen LogP) is 5.75. The smallest absolute Gasteiger partial charge is 0.323 e. The number of pyridine rings is 2. The SMILES string of the molecule is Cc1cc(OCCOCCC(F)(F)P(C)(=O)O)ccc1CCc1cnc2c(N)nc3cc(CCC(=O)O)ccc3c2c1. The summed E-state index contributed by atoms with van der Waals surface area (Å²) in [4.78, 5) is 29.1. The Balaban J connectivity index is 1.35. The summed E-state index contributed by atoms with van der Waals surface area (Å²) in [5.74, 6) is 0.103. The lowest BCUT2D eigenvalue weighted by molar-refractivity contribution is -0.136. The number of ether oxygens (including phenoxy) is 2. The van der Waals surface area contributed by atoms with Gasteiger partial charge in [-0.15, -0.1) is 0 Å². The van der Waals surface area contributed by atoms with E-state index in [9.17, 15) is 18.1 Å². The van der Waals surface area contributed by atoms with E-state index in [1.54, 1.807) is 6.20 Å². The number of halogens is 2. The third-order valence-electron chi connectivity index (χ3n) is 7.06. The molecule has 0 aliphatic carbocycles. The molecule has 2 aromatic carbocycles. The Bertz CT molecular complexity index is 1640. The second-order valence-electron chi connectivity index (χ2n) is 10.3. The average Bonchev–Trinajstić information content (AvgIpc) is 2.92. The maximum absolute atomic E-state index is 13.5. The number of nitrogen functional groups attached to an aromatic ring is 1. The molecule has 4 rings (SSSR count). The molecule has 42 heavy (non-hydrogen) atoms. The van der Waals surface area contributed by atoms with Crippen molar-refractivity contribution in [3.05, 3.63) is 70.9 Å². The number of benzene rings is 2. The quantitative estimate of drug-likeness (QED) is 0.0934. The summed E-state index contributed by atoms with van der Waals surface area (Å²) < 4.78 is 49.0. The summed E-state index contributed by atoms with van der Waals surface area (Å²) in [6.07, 6.45) is 2.94. The van der Waals surface area contributed by atoms with Gasteiger partial charge in [-0.05, 0) is 72.7 Å². The van der Waals surface area contributed by atoms with Crippen molar-refractivity contribution in [3.8, 4) is 5.75 Å². The zero-order valence-corrected chi connectivity index (χ0v) is 24.4. The van der Waals surface area contributed by atoms with Crippen LogP contribution in [0.15, 0.2) is 48.7 Å². The van der Waals surface area contributed by atoms with Gasteiger partial charge in [-0.25, -0.2) is 4.98 Å². The molecule has 0 saturated heterocycles. The molecule has 224 valence electrons. The molecule has 9 nitrogen and oxygen atoms in total. The first-order chi connectivity index (χ1) is 19.8. The summed E-state index contributed by atoms with van der Waals surface area (Å²) in [6.45, 7) is 2.51. The molecule has 1 unspecified atom stereocenters. The van der Waals surface area contributed by atoms with Gasteiger partial charge in [-0.3, -0.25) is 14.3 Å². The van der Waals surface area contributed by atoms with Crippen LogP contribution in [0.3, 0.4) is 0 Å². The number of aromatic nitrogens is 2. The number of nitrogens with two attached hydrogens (primary N) is 1. The summed E-state index contributed by atoms with van der Waals surface area (Å²) in [6, 6.07) is 13.5. The van der Waals surface area contributed by atoms with Crippen molar-refractivity contribution in [1.29, 1.82) is 0 Å². The summed E-state index contributed by atoms with van der Waals surface area (Å²) in [7, 11) is -4.51. The van der Waals surface area contributed by atoms with Crippen molar-refractivity contribution in [2.75, 3.05) is 32.2 Å². The van der Waals surface area contributed by atoms with E-state index in [0.29, 0.717) is 35.7 Å². The first-order valence-corrected chi connectivity index (χ1v) is 15.6. The normalized spacial score (nSPS) is 13.4. The molecule has 0 spiro atoms. The van der Waals surface area contributed by atoms with Crippen LogP contribution in [0, 0.1) is 6.92 Å². The Labute approximate surface area is 242 Å². The van der Waals surface area contributed by atoms with E-state index in [2.05, 4.69) is 16.0 Å². The Kier molecular flexibility index (Phi) is 9.76. The van der Waals surface area contributed by atoms with Gasteiger partial charge in [-0.2, -0.15) is 8.78 Å². The summed E-state index contributed by atoms with van der Waals surface area (Å²) in [5, 5.41) is 10.8. The lowest BCUT2D eigenvalue weighted by atomic mass is 9.99. The van der Waals surface area contributed by atoms with E-state index in [4.69, 9.17) is 25.2 Å². The van der Waals surface area contributed by atoms with Crippen LogP contribution in [0.5, 0.6) is 5.75 Å². The number of aryl methyl sites for hydroxylation is 4. The van der Waals surface area contributed by atoms with Crippen molar-refractivity contribution in [2.45, 2.75) is 44.7 Å². The van der Waals surface area contributed by atoms with Crippen LogP contribution >= 0.6 is 7.37 Å². The highest BCUT2D eigenvalue weighted by Gasteiger charge is 2.44. The number of nitrogens with zero attached hydrogens (tertiary/aromatic N) is 2. The lowest BCUT2D eigenvalue weighted by Crippen LogP contribution is -2.19. The fraction of sp³-hybridized carbons (Fsp3) is 0.367. The third kappa shape index (κ3) is 7.79. The van der Waals surface area contributed by atoms with Crippen molar-refractivity contribution in [2.24, 2.45) is 0 Å². The van der Waals surface area contributed by atoms with Crippen LogP contribution in [-0.4, -0.2) is 58.1 Å². The Morgan fingerprint density at radius 3 is 2.52 bits per heavy atom. The predicted molar refractivity (Wildman–Crippen MR) is 158 cm³/mol. The highest BCUT2D eigenvalue weighted by molar-refractivity contribution is 7.58. The van der Waals surface area contributed by atoms with Crippen LogP contribution in [0.4, 0.5) is 14.6 Å². The molecule has 0 bridgehead atoms. The van der Waals surface area contributed by atoms with E-state index in [1.165, 1.54) is 0 Å². The molecule has 2 heterocycles. The second-order valence-corrected chi connectivity index (χ2v) is 12.7. The zero-order chi connectivity index (χ0) is 30.5. The molecule has 4 N–H and O–H groups in total. The van der Waals surface area contributed by atoms with Gasteiger partial charge in [0.25, 0.3) is 7.37 Å². The molecule has 2 aromatic heterocycles. The number of fused-ring (bicyclic) bond motifs is 3. The average molecular weight is 602 g/mol. The van der Waals surface area contributed by atoms with Crippen molar-refractivity contribution in [3.63, 3.8) is 0 Å². The van der Waals surface area contributed by atoms with E-state index in [-0.39, 0.29) is 26.2 Å². The van der Waals surface area contributed by atoms with Crippen molar-refractivity contribution < 1.29 is 37.6 Å². The molecule has 12 heteroatoms. The molecule has 4 aromatic rings. The van der Waals surface area contributed by atoms with Gasteiger partial charge in [0.05, 0.1) is 18.7 Å². The summed E-state index contributed by atoms with van der Waals surface area (Å²) >= 11 is 0. The van der Waals surface area contributed by atoms with E-state index < -0.39 is 25.4 Å². The molecule has 0 radical (unpaired) electrons. The fourth-order valence-corrected chi connectivity index (χ4v) is 5.09. The standard InChI is InChI=1S/C30H34F2N3O6P/c1-19-15-23(41-14-13-40-12-11-30(31,32)42(2,38)39)8-7-22(19)6-3-21-16-25-24-9-4-20(5-10-27(36)37)17-26(24)35-29(33)28(25)34-18-21/h4,7-9,15-18H,3,5-6,10-14H2,1-2H3,(H2,33,35)(H,36,37)(H,38,39). The van der Waals surface area contributed by atoms with Gasteiger partial charge < -0.3 is 25.2 Å². The molecule has 0 saturated carbocycles. The monoisotopic (exact) mass is 601 g/mol. The molecule has 0 aliphatic heterocycles. The maximum Gasteiger partial charge on any atom is 0.323 e. The fourth-order valence-electron chi connectivity index (χ4n) is 4.58. The Hall–Kier alpha value is -3.66. The molecule has 0 fully saturated rings. The highest BCUT2D eigenvalue weighted by Crippen LogP contribution is 2.55. The molecular formula is C30H34F2N3O6P. The van der Waals surface area contributed by atoms with E-state index in [0.717, 1.165) is 45.9 Å². The molecular weight excluding hydrogens is 567 g/mol. The Morgan fingerprint density at radius 2 is 1.81 bits per heavy atom. The van der Waals surface area contributed by atoms with Gasteiger partial charge in [-0.1, -0.05) is 18.2 Å². The first-order valence-electron chi connectivity index (χ1n) is 13.5. The van der Waals surface area contributed by atoms with Crippen LogP contribution < -0.4 is 10.5 Å². The highest BCUT2D eigenvalue weighted by atomic mass is 31.2. The second kappa shape index (κ2) is 13.1. The number of alkyl halides is 2. The minimum atomic E-state index is -4.51. The molecule has 0 aliphatic rings. The minimum absolute atomic E-state index is 0.0436. The number of hydrogen-bond acceptors (Lipinski definition) is 7. The Morgan fingerprint density at radius 1 is 1.02 bits per heavy atom. The zero-order valence-electron chi connectivity index (χ0n) is 23.5. The third-order valence-corrected chi connectivity index (χ3v) is 8.49. The number of aliphatic carboxylic acids is 1. The van der Waals surface area contributed by atoms with Gasteiger partial charge in [0.2, 0.25) is 0 Å². The van der Waals surface area contributed by atoms with Crippen molar-refractivity contribution >= 4 is 41.0 Å². The largest absolute Gasteiger partial charge is 0.491 e. The molecule has 0 amide bonds. The maximum atomic E-state index is 13.5. The van der Waals surface area contributed by atoms with Gasteiger partial charge >= 0.3 is 11.6 Å². The number of hydrogen-bond donors (Lipinski definition) is 3. The number of carboxylic acid groups (broad SMARTS) is 1. The first kappa shape index (κ1) is 31.3. The summed E-state index contributed by atoms with van der Waals surface area (Å²) in [5.41, 5.74) is 7.94. The number of rotatable bonds is 14. The van der Waals surface area contributed by atoms with Gasteiger partial charge in [0, 0.05) is 36.5 Å². The van der Waals surface area contributed by atoms with Crippen LogP contribution in [0.25, 0.3) is 21.8 Å². The molecule has 1 atom stereocenters. The van der Waals surface area contributed by atoms with Gasteiger partial charge in [0.1, 0.15) is 17.9 Å². The van der Waals surface area contributed by atoms with Gasteiger partial charge in [0.15, 0.2) is 5.82 Å². The topological polar surface area (TPSA) is 145 Å². The number of anilines is 1. The number of carbonyl (C=O) groups is 1. The van der Waals surface area contributed by atoms with E-state index in [1.807, 2.05) is 43.3 Å². The number of carboxylic acids is 1. The lowest BCUT2D eigenvalue weighted by Gasteiger charge is -2.19. The van der Waals surface area contributed by atoms with Crippen LogP contribution in [0.2, 0.25) is 0 Å². The van der Waals surface area contributed by atoms with E-state index >= 15 is 0 Å². The minimum Gasteiger partial charge on any atom is -0.491 e. The van der Waals surface area contributed by atoms with Crippen molar-refractivity contribution in [1.82, 2.24) is 9.97 Å².